The van der Waals surface area contributed by atoms with Crippen molar-refractivity contribution in [3.05, 3.63) is 11.6 Å². The molecule has 0 amide bonds. The first-order valence-corrected chi connectivity index (χ1v) is 4.40. The van der Waals surface area contributed by atoms with Crippen LogP contribution in [0.4, 0.5) is 0 Å². The molecule has 0 unspecified atom stereocenters. The van der Waals surface area contributed by atoms with E-state index in [4.69, 9.17) is 9.84 Å². The second-order valence-electron chi connectivity index (χ2n) is 3.41. The van der Waals surface area contributed by atoms with Gasteiger partial charge in [-0.1, -0.05) is 0 Å². The lowest BCUT2D eigenvalue weighted by atomic mass is 10.1. The Labute approximate surface area is 81.6 Å². The van der Waals surface area contributed by atoms with Crippen molar-refractivity contribution in [2.75, 3.05) is 0 Å². The van der Waals surface area contributed by atoms with E-state index in [1.54, 1.807) is 6.92 Å². The summed E-state index contributed by atoms with van der Waals surface area (Å²) < 4.78 is 4.72. The van der Waals surface area contributed by atoms with Crippen LogP contribution in [0.2, 0.25) is 0 Å². The summed E-state index contributed by atoms with van der Waals surface area (Å²) in [7, 11) is 0. The highest BCUT2D eigenvalue weighted by atomic mass is 16.6. The molecular formula is C9H14O5. The summed E-state index contributed by atoms with van der Waals surface area (Å²) >= 11 is 0. The number of carbonyl (C=O) groups excluding carboxylic acids is 1. The topological polar surface area (TPSA) is 87.0 Å². The van der Waals surface area contributed by atoms with Crippen LogP contribution in [0.5, 0.6) is 0 Å². The third-order valence-electron chi connectivity index (χ3n) is 2.14. The fourth-order valence-electron chi connectivity index (χ4n) is 1.16. The summed E-state index contributed by atoms with van der Waals surface area (Å²) in [6.07, 6.45) is -2.66. The SMILES string of the molecule is C[C@@H](O)[C@H](O)/C=C1\C(=O)O[C@H](C)[C@@H]1O. The van der Waals surface area contributed by atoms with Crippen LogP contribution in [0.3, 0.4) is 0 Å². The Hall–Kier alpha value is -0.910. The molecule has 1 rings (SSSR count). The van der Waals surface area contributed by atoms with Crippen LogP contribution in [0, 0.1) is 0 Å². The molecule has 0 bridgehead atoms. The standard InChI is InChI=1S/C9H14O5/c1-4(10)7(11)3-6-8(12)5(2)14-9(6)13/h3-5,7-8,10-12H,1-2H3/b6-3-/t4-,5-,7-,8+/m1/s1. The van der Waals surface area contributed by atoms with Crippen LogP contribution in [0.15, 0.2) is 11.6 Å². The summed E-state index contributed by atoms with van der Waals surface area (Å²) in [5.41, 5.74) is 0.00546. The Kier molecular flexibility index (Phi) is 3.25. The molecule has 1 aliphatic heterocycles. The van der Waals surface area contributed by atoms with E-state index in [9.17, 15) is 15.0 Å². The number of hydrogen-bond donors (Lipinski definition) is 3. The van der Waals surface area contributed by atoms with Crippen molar-refractivity contribution in [3.63, 3.8) is 0 Å². The van der Waals surface area contributed by atoms with Crippen molar-refractivity contribution >= 4 is 5.97 Å². The minimum Gasteiger partial charge on any atom is -0.456 e. The molecule has 0 saturated carbocycles. The number of esters is 1. The predicted molar refractivity (Wildman–Crippen MR) is 47.3 cm³/mol. The minimum absolute atomic E-state index is 0.00546. The monoisotopic (exact) mass is 202 g/mol. The average Bonchev–Trinajstić information content (AvgIpc) is 2.32. The van der Waals surface area contributed by atoms with Crippen molar-refractivity contribution < 1.29 is 24.9 Å². The third kappa shape index (κ3) is 2.12. The largest absolute Gasteiger partial charge is 0.456 e. The Morgan fingerprint density at radius 1 is 1.50 bits per heavy atom. The zero-order valence-corrected chi connectivity index (χ0v) is 8.04. The summed E-state index contributed by atoms with van der Waals surface area (Å²) in [4.78, 5) is 11.1. The van der Waals surface area contributed by atoms with E-state index in [0.717, 1.165) is 6.08 Å². The van der Waals surface area contributed by atoms with Crippen LogP contribution in [-0.4, -0.2) is 45.7 Å². The van der Waals surface area contributed by atoms with E-state index in [0.29, 0.717) is 0 Å². The summed E-state index contributed by atoms with van der Waals surface area (Å²) in [5, 5.41) is 27.7. The number of cyclic esters (lactones) is 1. The molecule has 80 valence electrons. The Balaban J connectivity index is 2.81. The van der Waals surface area contributed by atoms with Crippen LogP contribution >= 0.6 is 0 Å². The Morgan fingerprint density at radius 2 is 2.07 bits per heavy atom. The molecule has 1 saturated heterocycles. The fraction of sp³-hybridized carbons (Fsp3) is 0.667. The molecule has 5 nitrogen and oxygen atoms in total. The summed E-state index contributed by atoms with van der Waals surface area (Å²) in [5.74, 6) is -0.648. The highest BCUT2D eigenvalue weighted by Crippen LogP contribution is 2.21. The van der Waals surface area contributed by atoms with Gasteiger partial charge in [0.1, 0.15) is 12.2 Å². The van der Waals surface area contributed by atoms with Gasteiger partial charge in [0.2, 0.25) is 0 Å². The van der Waals surface area contributed by atoms with E-state index >= 15 is 0 Å². The van der Waals surface area contributed by atoms with Gasteiger partial charge in [-0.25, -0.2) is 4.79 Å². The number of ether oxygens (including phenoxy) is 1. The highest BCUT2D eigenvalue weighted by Gasteiger charge is 2.36. The maximum absolute atomic E-state index is 11.1. The lowest BCUT2D eigenvalue weighted by Gasteiger charge is -2.10. The number of hydrogen-bond acceptors (Lipinski definition) is 5. The van der Waals surface area contributed by atoms with E-state index in [2.05, 4.69) is 0 Å². The summed E-state index contributed by atoms with van der Waals surface area (Å²) in [6, 6.07) is 0. The normalized spacial score (nSPS) is 34.4. The van der Waals surface area contributed by atoms with Crippen LogP contribution in [0.1, 0.15) is 13.8 Å². The molecule has 14 heavy (non-hydrogen) atoms. The molecule has 4 atom stereocenters. The second-order valence-corrected chi connectivity index (χ2v) is 3.41. The maximum atomic E-state index is 11.1. The first-order valence-electron chi connectivity index (χ1n) is 4.40. The number of rotatable bonds is 2. The molecule has 0 aromatic rings. The van der Waals surface area contributed by atoms with Gasteiger partial charge in [0.05, 0.1) is 17.8 Å². The first kappa shape index (κ1) is 11.2. The van der Waals surface area contributed by atoms with Gasteiger partial charge in [0.25, 0.3) is 0 Å². The van der Waals surface area contributed by atoms with Crippen LogP contribution < -0.4 is 0 Å². The molecule has 1 aliphatic rings. The maximum Gasteiger partial charge on any atom is 0.336 e. The molecule has 5 heteroatoms. The van der Waals surface area contributed by atoms with Crippen molar-refractivity contribution in [1.29, 1.82) is 0 Å². The average molecular weight is 202 g/mol. The summed E-state index contributed by atoms with van der Waals surface area (Å²) in [6.45, 7) is 2.94. The molecule has 1 heterocycles. The van der Waals surface area contributed by atoms with E-state index in [1.165, 1.54) is 6.92 Å². The number of aliphatic hydroxyl groups excluding tert-OH is 3. The highest BCUT2D eigenvalue weighted by molar-refractivity contribution is 5.92. The van der Waals surface area contributed by atoms with Gasteiger partial charge in [-0.15, -0.1) is 0 Å². The molecule has 0 aromatic heterocycles. The van der Waals surface area contributed by atoms with Gasteiger partial charge in [0.15, 0.2) is 0 Å². The van der Waals surface area contributed by atoms with E-state index in [1.807, 2.05) is 0 Å². The number of carbonyl (C=O) groups is 1. The second kappa shape index (κ2) is 4.08. The van der Waals surface area contributed by atoms with Gasteiger partial charge in [-0.3, -0.25) is 0 Å². The zero-order valence-electron chi connectivity index (χ0n) is 8.04. The predicted octanol–water partition coefficient (Wildman–Crippen LogP) is -1.04. The number of aliphatic hydroxyl groups is 3. The molecule has 1 fully saturated rings. The lowest BCUT2D eigenvalue weighted by Crippen LogP contribution is -2.24. The van der Waals surface area contributed by atoms with Gasteiger partial charge in [-0.05, 0) is 19.9 Å². The molecule has 0 aliphatic carbocycles. The van der Waals surface area contributed by atoms with Crippen LogP contribution in [-0.2, 0) is 9.53 Å². The smallest absolute Gasteiger partial charge is 0.336 e. The van der Waals surface area contributed by atoms with E-state index in [-0.39, 0.29) is 5.57 Å². The van der Waals surface area contributed by atoms with Crippen LogP contribution in [0.25, 0.3) is 0 Å². The van der Waals surface area contributed by atoms with Crippen molar-refractivity contribution in [3.8, 4) is 0 Å². The van der Waals surface area contributed by atoms with Gasteiger partial charge in [0, 0.05) is 0 Å². The van der Waals surface area contributed by atoms with Crippen molar-refractivity contribution in [2.24, 2.45) is 0 Å². The lowest BCUT2D eigenvalue weighted by molar-refractivity contribution is -0.138. The molecular weight excluding hydrogens is 188 g/mol. The van der Waals surface area contributed by atoms with Crippen molar-refractivity contribution in [2.45, 2.75) is 38.3 Å². The molecule has 0 spiro atoms. The third-order valence-corrected chi connectivity index (χ3v) is 2.14. The quantitative estimate of drug-likeness (QED) is 0.393. The molecule has 0 aromatic carbocycles. The zero-order chi connectivity index (χ0) is 10.9. The Morgan fingerprint density at radius 3 is 2.43 bits per heavy atom. The van der Waals surface area contributed by atoms with Gasteiger partial charge < -0.3 is 20.1 Å². The molecule has 0 radical (unpaired) electrons. The molecule has 3 N–H and O–H groups in total. The van der Waals surface area contributed by atoms with E-state index < -0.39 is 30.4 Å². The Bertz CT molecular complexity index is 258. The van der Waals surface area contributed by atoms with Crippen molar-refractivity contribution in [1.82, 2.24) is 0 Å². The van der Waals surface area contributed by atoms with Gasteiger partial charge >= 0.3 is 5.97 Å². The first-order chi connectivity index (χ1) is 6.43. The van der Waals surface area contributed by atoms with Gasteiger partial charge in [-0.2, -0.15) is 0 Å². The fourth-order valence-corrected chi connectivity index (χ4v) is 1.16. The minimum atomic E-state index is -1.17.